The van der Waals surface area contributed by atoms with Crippen LogP contribution in [0, 0.1) is 11.7 Å². The molecule has 0 bridgehead atoms. The highest BCUT2D eigenvalue weighted by molar-refractivity contribution is 5.72. The van der Waals surface area contributed by atoms with E-state index in [9.17, 15) is 14.3 Å². The van der Waals surface area contributed by atoms with Crippen LogP contribution in [0.2, 0.25) is 0 Å². The van der Waals surface area contributed by atoms with Gasteiger partial charge in [0.25, 0.3) is 0 Å². The molecule has 2 heterocycles. The molecule has 0 radical (unpaired) electrons. The molecule has 0 amide bonds. The molecule has 1 N–H and O–H groups in total. The number of benzene rings is 1. The van der Waals surface area contributed by atoms with E-state index in [-0.39, 0.29) is 11.7 Å². The van der Waals surface area contributed by atoms with Gasteiger partial charge in [-0.1, -0.05) is 12.1 Å². The van der Waals surface area contributed by atoms with Gasteiger partial charge in [-0.05, 0) is 23.8 Å². The summed E-state index contributed by atoms with van der Waals surface area (Å²) >= 11 is 0. The minimum absolute atomic E-state index is 0.151. The Bertz CT molecular complexity index is 648. The van der Waals surface area contributed by atoms with Gasteiger partial charge in [0.2, 0.25) is 0 Å². The van der Waals surface area contributed by atoms with Crippen LogP contribution in [0.1, 0.15) is 17.3 Å². The van der Waals surface area contributed by atoms with Gasteiger partial charge in [0.1, 0.15) is 11.6 Å². The lowest BCUT2D eigenvalue weighted by atomic mass is 9.89. The third kappa shape index (κ3) is 3.12. The summed E-state index contributed by atoms with van der Waals surface area (Å²) < 4.78 is 13.1. The Hall–Kier alpha value is -2.34. The smallest absolute Gasteiger partial charge is 0.308 e. The lowest BCUT2D eigenvalue weighted by molar-refractivity contribution is -0.141. The van der Waals surface area contributed by atoms with E-state index in [2.05, 4.69) is 9.97 Å². The Morgan fingerprint density at radius 1 is 1.23 bits per heavy atom. The number of nitrogens with zero attached hydrogens (tertiary/aromatic N) is 3. The van der Waals surface area contributed by atoms with Crippen molar-refractivity contribution in [1.29, 1.82) is 0 Å². The molecule has 22 heavy (non-hydrogen) atoms. The molecular weight excluding hydrogens is 285 g/mol. The molecule has 0 spiro atoms. The van der Waals surface area contributed by atoms with Crippen LogP contribution < -0.4 is 0 Å². The number of hydrogen-bond acceptors (Lipinski definition) is 4. The highest BCUT2D eigenvalue weighted by atomic mass is 19.1. The third-order valence-corrected chi connectivity index (χ3v) is 4.00. The standard InChI is InChI=1S/C16H16FN3O2/c17-12-4-2-11(3-5-12)13-8-20(9-14(13)16(21)22)10-15-18-6-1-7-19-15/h1-7,13-14H,8-10H2,(H,21,22)/t13-,14+/m0/s1. The van der Waals surface area contributed by atoms with Gasteiger partial charge in [0, 0.05) is 31.4 Å². The number of aliphatic carboxylic acids is 1. The van der Waals surface area contributed by atoms with Crippen molar-refractivity contribution in [1.82, 2.24) is 14.9 Å². The third-order valence-electron chi connectivity index (χ3n) is 4.00. The molecule has 6 heteroatoms. The zero-order chi connectivity index (χ0) is 15.5. The van der Waals surface area contributed by atoms with Crippen molar-refractivity contribution >= 4 is 5.97 Å². The average molecular weight is 301 g/mol. The Labute approximate surface area is 127 Å². The van der Waals surface area contributed by atoms with Gasteiger partial charge in [-0.15, -0.1) is 0 Å². The molecule has 0 saturated carbocycles. The van der Waals surface area contributed by atoms with Gasteiger partial charge in [-0.25, -0.2) is 14.4 Å². The normalized spacial score (nSPS) is 21.9. The molecule has 1 saturated heterocycles. The first-order valence-electron chi connectivity index (χ1n) is 7.10. The SMILES string of the molecule is O=C(O)[C@@H]1CN(Cc2ncccn2)C[C@H]1c1ccc(F)cc1. The second-order valence-electron chi connectivity index (χ2n) is 5.46. The Morgan fingerprint density at radius 3 is 2.55 bits per heavy atom. The van der Waals surface area contributed by atoms with Crippen molar-refractivity contribution in [3.05, 3.63) is 59.9 Å². The lowest BCUT2D eigenvalue weighted by Gasteiger charge is -2.15. The highest BCUT2D eigenvalue weighted by Crippen LogP contribution is 2.33. The van der Waals surface area contributed by atoms with Crippen molar-refractivity contribution < 1.29 is 14.3 Å². The molecule has 0 aliphatic carbocycles. The van der Waals surface area contributed by atoms with Crippen molar-refractivity contribution in [2.45, 2.75) is 12.5 Å². The summed E-state index contributed by atoms with van der Waals surface area (Å²) in [5.74, 6) is -1.13. The topological polar surface area (TPSA) is 66.3 Å². The number of hydrogen-bond donors (Lipinski definition) is 1. The highest BCUT2D eigenvalue weighted by Gasteiger charge is 2.38. The van der Waals surface area contributed by atoms with E-state index in [1.165, 1.54) is 12.1 Å². The molecule has 1 aliphatic rings. The van der Waals surface area contributed by atoms with Gasteiger partial charge in [0.15, 0.2) is 0 Å². The minimum Gasteiger partial charge on any atom is -0.481 e. The van der Waals surface area contributed by atoms with Gasteiger partial charge in [0.05, 0.1) is 12.5 Å². The second-order valence-corrected chi connectivity index (χ2v) is 5.46. The Balaban J connectivity index is 1.77. The first-order chi connectivity index (χ1) is 10.6. The maximum Gasteiger partial charge on any atom is 0.308 e. The van der Waals surface area contributed by atoms with Gasteiger partial charge in [-0.3, -0.25) is 9.69 Å². The van der Waals surface area contributed by atoms with E-state index in [1.807, 2.05) is 4.90 Å². The van der Waals surface area contributed by atoms with Crippen LogP contribution in [0.4, 0.5) is 4.39 Å². The van der Waals surface area contributed by atoms with Crippen LogP contribution in [-0.2, 0) is 11.3 Å². The number of aromatic nitrogens is 2. The quantitative estimate of drug-likeness (QED) is 0.934. The van der Waals surface area contributed by atoms with E-state index in [0.717, 1.165) is 5.56 Å². The number of rotatable bonds is 4. The Kier molecular flexibility index (Phi) is 4.11. The van der Waals surface area contributed by atoms with Gasteiger partial charge >= 0.3 is 5.97 Å². The van der Waals surface area contributed by atoms with Crippen LogP contribution in [0.15, 0.2) is 42.7 Å². The molecule has 1 aliphatic heterocycles. The average Bonchev–Trinajstić information content (AvgIpc) is 2.93. The predicted molar refractivity (Wildman–Crippen MR) is 77.6 cm³/mol. The maximum absolute atomic E-state index is 13.1. The van der Waals surface area contributed by atoms with Gasteiger partial charge < -0.3 is 5.11 Å². The summed E-state index contributed by atoms with van der Waals surface area (Å²) in [5.41, 5.74) is 0.852. The van der Waals surface area contributed by atoms with Crippen LogP contribution in [0.5, 0.6) is 0 Å². The fraction of sp³-hybridized carbons (Fsp3) is 0.312. The summed E-state index contributed by atoms with van der Waals surface area (Å²) in [6.07, 6.45) is 3.34. The number of carboxylic acids is 1. The Morgan fingerprint density at radius 2 is 1.91 bits per heavy atom. The summed E-state index contributed by atoms with van der Waals surface area (Å²) in [6, 6.07) is 7.82. The van der Waals surface area contributed by atoms with Crippen LogP contribution in [0.3, 0.4) is 0 Å². The van der Waals surface area contributed by atoms with E-state index in [1.54, 1.807) is 30.6 Å². The number of carbonyl (C=O) groups is 1. The molecule has 2 atom stereocenters. The summed E-state index contributed by atoms with van der Waals surface area (Å²) in [4.78, 5) is 21.9. The second kappa shape index (κ2) is 6.19. The summed E-state index contributed by atoms with van der Waals surface area (Å²) in [7, 11) is 0. The molecule has 1 aromatic carbocycles. The molecule has 114 valence electrons. The summed E-state index contributed by atoms with van der Waals surface area (Å²) in [5, 5.41) is 9.45. The molecule has 3 rings (SSSR count). The fourth-order valence-electron chi connectivity index (χ4n) is 2.92. The number of halogens is 1. The van der Waals surface area contributed by atoms with Crippen molar-refractivity contribution in [3.8, 4) is 0 Å². The van der Waals surface area contributed by atoms with Crippen molar-refractivity contribution in [3.63, 3.8) is 0 Å². The molecule has 1 fully saturated rings. The minimum atomic E-state index is -0.828. The molecule has 2 aromatic rings. The first-order valence-corrected chi connectivity index (χ1v) is 7.10. The van der Waals surface area contributed by atoms with Crippen LogP contribution >= 0.6 is 0 Å². The van der Waals surface area contributed by atoms with Crippen LogP contribution in [0.25, 0.3) is 0 Å². The molecule has 0 unspecified atom stereocenters. The predicted octanol–water partition coefficient (Wildman–Crippen LogP) is 1.92. The van der Waals surface area contributed by atoms with Gasteiger partial charge in [-0.2, -0.15) is 0 Å². The first kappa shape index (κ1) is 14.6. The zero-order valence-corrected chi connectivity index (χ0v) is 11.9. The molecule has 1 aromatic heterocycles. The number of likely N-dealkylation sites (tertiary alicyclic amines) is 1. The van der Waals surface area contributed by atoms with E-state index in [4.69, 9.17) is 0 Å². The monoisotopic (exact) mass is 301 g/mol. The summed E-state index contributed by atoms with van der Waals surface area (Å²) in [6.45, 7) is 1.55. The van der Waals surface area contributed by atoms with E-state index >= 15 is 0 Å². The maximum atomic E-state index is 13.1. The number of carboxylic acid groups (broad SMARTS) is 1. The fourth-order valence-corrected chi connectivity index (χ4v) is 2.92. The lowest BCUT2D eigenvalue weighted by Crippen LogP contribution is -2.23. The van der Waals surface area contributed by atoms with Crippen LogP contribution in [-0.4, -0.2) is 39.0 Å². The van der Waals surface area contributed by atoms with Crippen molar-refractivity contribution in [2.24, 2.45) is 5.92 Å². The van der Waals surface area contributed by atoms with E-state index in [0.29, 0.717) is 25.5 Å². The van der Waals surface area contributed by atoms with E-state index < -0.39 is 11.9 Å². The molecular formula is C16H16FN3O2. The van der Waals surface area contributed by atoms with Crippen molar-refractivity contribution in [2.75, 3.05) is 13.1 Å². The zero-order valence-electron chi connectivity index (χ0n) is 11.9. The largest absolute Gasteiger partial charge is 0.481 e. The molecule has 5 nitrogen and oxygen atoms in total.